The highest BCUT2D eigenvalue weighted by molar-refractivity contribution is 7.80. The predicted molar refractivity (Wildman–Crippen MR) is 168 cm³/mol. The molecule has 3 aromatic carbocycles. The largest absolute Gasteiger partial charge is 0.499 e. The quantitative estimate of drug-likeness (QED) is 0.0646. The number of aromatic nitrogens is 3. The summed E-state index contributed by atoms with van der Waals surface area (Å²) in [6, 6.07) is 17.4. The molecule has 0 saturated heterocycles. The number of hydrogen-bond acceptors (Lipinski definition) is 8. The van der Waals surface area contributed by atoms with Gasteiger partial charge in [-0.25, -0.2) is 0 Å². The van der Waals surface area contributed by atoms with Crippen LogP contribution in [0.4, 0.5) is 27.9 Å². The molecule has 46 heavy (non-hydrogen) atoms. The van der Waals surface area contributed by atoms with Crippen molar-refractivity contribution in [1.82, 2.24) is 20.2 Å². The molecule has 15 heteroatoms. The number of ether oxygens (including phenoxy) is 2. The number of nitrogens with zero attached hydrogens (tertiary/aromatic N) is 4. The van der Waals surface area contributed by atoms with Crippen molar-refractivity contribution in [2.24, 2.45) is 5.10 Å². The molecule has 9 nitrogen and oxygen atoms in total. The van der Waals surface area contributed by atoms with Gasteiger partial charge in [-0.15, -0.1) is 5.10 Å². The maximum Gasteiger partial charge on any atom is 0.499 e. The Kier molecular flexibility index (Phi) is 10.9. The summed E-state index contributed by atoms with van der Waals surface area (Å²) in [5.41, 5.74) is 6.80. The Morgan fingerprint density at radius 1 is 1.02 bits per heavy atom. The second-order valence-corrected chi connectivity index (χ2v) is 10.7. The van der Waals surface area contributed by atoms with Gasteiger partial charge in [0, 0.05) is 18.5 Å². The van der Waals surface area contributed by atoms with Gasteiger partial charge >= 0.3 is 12.3 Å². The Morgan fingerprint density at radius 2 is 1.70 bits per heavy atom. The minimum absolute atomic E-state index is 0.123. The topological polar surface area (TPSA) is 106 Å². The molecule has 0 aliphatic heterocycles. The van der Waals surface area contributed by atoms with E-state index in [-0.39, 0.29) is 24.9 Å². The molecule has 0 unspecified atom stereocenters. The molecule has 0 aliphatic carbocycles. The highest BCUT2D eigenvalue weighted by atomic mass is 32.1. The minimum Gasteiger partial charge on any atom is -0.497 e. The number of methoxy groups -OCH3 is 1. The van der Waals surface area contributed by atoms with Gasteiger partial charge in [0.05, 0.1) is 25.6 Å². The average Bonchev–Trinajstić information content (AvgIpc) is 3.44. The van der Waals surface area contributed by atoms with Crippen LogP contribution in [0.3, 0.4) is 0 Å². The Bertz CT molecular complexity index is 1660. The molecule has 0 radical (unpaired) electrons. The van der Waals surface area contributed by atoms with Crippen LogP contribution in [0.25, 0.3) is 17.1 Å². The first-order chi connectivity index (χ1) is 21.8. The normalized spacial score (nSPS) is 12.0. The molecular formula is C31H31F5N6O3S. The summed E-state index contributed by atoms with van der Waals surface area (Å²) in [4.78, 5) is 4.99. The van der Waals surface area contributed by atoms with Gasteiger partial charge in [0.15, 0.2) is 5.82 Å². The third kappa shape index (κ3) is 8.54. The van der Waals surface area contributed by atoms with Gasteiger partial charge in [0.1, 0.15) is 16.5 Å². The lowest BCUT2D eigenvalue weighted by Crippen LogP contribution is -2.41. The van der Waals surface area contributed by atoms with Crippen molar-refractivity contribution in [2.75, 3.05) is 25.6 Å². The van der Waals surface area contributed by atoms with Crippen LogP contribution in [0.1, 0.15) is 36.5 Å². The lowest BCUT2D eigenvalue weighted by atomic mass is 9.95. The van der Waals surface area contributed by atoms with E-state index < -0.39 is 18.0 Å². The van der Waals surface area contributed by atoms with E-state index in [1.165, 1.54) is 22.4 Å². The average molecular weight is 663 g/mol. The SMILES string of the molecule is COc1ccc(C(C)C)c(CC(=S)NN=Cc2ccc(-c3nc(NCCO)n(-c4ccc(OC(F)(F)C(F)(F)F)cc4)n3)cc2)c1. The molecular weight excluding hydrogens is 631 g/mol. The number of rotatable bonds is 13. The van der Waals surface area contributed by atoms with E-state index in [0.717, 1.165) is 29.0 Å². The summed E-state index contributed by atoms with van der Waals surface area (Å²) in [6.45, 7) is 4.13. The van der Waals surface area contributed by atoms with Crippen molar-refractivity contribution in [1.29, 1.82) is 0 Å². The van der Waals surface area contributed by atoms with Crippen LogP contribution in [0, 0.1) is 0 Å². The van der Waals surface area contributed by atoms with Gasteiger partial charge in [-0.05, 0) is 59.0 Å². The molecule has 1 heterocycles. The number of benzene rings is 3. The Labute approximate surface area is 267 Å². The third-order valence-corrected chi connectivity index (χ3v) is 6.79. The van der Waals surface area contributed by atoms with E-state index in [9.17, 15) is 27.1 Å². The van der Waals surface area contributed by atoms with Crippen molar-refractivity contribution in [2.45, 2.75) is 38.5 Å². The molecule has 3 N–H and O–H groups in total. The zero-order chi connectivity index (χ0) is 33.5. The lowest BCUT2D eigenvalue weighted by molar-refractivity contribution is -0.360. The maximum atomic E-state index is 13.3. The number of aliphatic hydroxyl groups is 1. The zero-order valence-electron chi connectivity index (χ0n) is 25.0. The lowest BCUT2D eigenvalue weighted by Gasteiger charge is -2.20. The van der Waals surface area contributed by atoms with Crippen molar-refractivity contribution in [3.63, 3.8) is 0 Å². The predicted octanol–water partition coefficient (Wildman–Crippen LogP) is 6.50. The van der Waals surface area contributed by atoms with Gasteiger partial charge in [-0.3, -0.25) is 5.43 Å². The van der Waals surface area contributed by atoms with Crippen molar-refractivity contribution < 1.29 is 36.5 Å². The van der Waals surface area contributed by atoms with Gasteiger partial charge in [0.25, 0.3) is 0 Å². The van der Waals surface area contributed by atoms with E-state index >= 15 is 0 Å². The molecule has 4 rings (SSSR count). The highest BCUT2D eigenvalue weighted by Crippen LogP contribution is 2.37. The Morgan fingerprint density at radius 3 is 2.30 bits per heavy atom. The first-order valence-electron chi connectivity index (χ1n) is 14.0. The molecule has 0 spiro atoms. The highest BCUT2D eigenvalue weighted by Gasteiger charge is 2.61. The van der Waals surface area contributed by atoms with Crippen LogP contribution in [0.2, 0.25) is 0 Å². The number of aliphatic hydroxyl groups excluding tert-OH is 1. The van der Waals surface area contributed by atoms with Crippen LogP contribution in [0.5, 0.6) is 11.5 Å². The number of hydrazone groups is 1. The second kappa shape index (κ2) is 14.6. The summed E-state index contributed by atoms with van der Waals surface area (Å²) in [7, 11) is 1.62. The van der Waals surface area contributed by atoms with Crippen LogP contribution < -0.4 is 20.2 Å². The number of anilines is 1. The smallest absolute Gasteiger partial charge is 0.497 e. The second-order valence-electron chi connectivity index (χ2n) is 10.2. The van der Waals surface area contributed by atoms with Crippen LogP contribution in [0.15, 0.2) is 71.8 Å². The fraction of sp³-hybridized carbons (Fsp3) is 0.290. The Balaban J connectivity index is 1.45. The van der Waals surface area contributed by atoms with Gasteiger partial charge < -0.3 is 19.9 Å². The number of thiocarbonyl (C=S) groups is 1. The van der Waals surface area contributed by atoms with Crippen LogP contribution in [-0.2, 0) is 6.42 Å². The van der Waals surface area contributed by atoms with Gasteiger partial charge in [0.2, 0.25) is 5.95 Å². The van der Waals surface area contributed by atoms with Gasteiger partial charge in [-0.1, -0.05) is 56.4 Å². The number of nitrogens with one attached hydrogen (secondary N) is 2. The molecule has 244 valence electrons. The fourth-order valence-electron chi connectivity index (χ4n) is 4.29. The first kappa shape index (κ1) is 34.2. The maximum absolute atomic E-state index is 13.3. The molecule has 0 fully saturated rings. The number of halogens is 5. The summed E-state index contributed by atoms with van der Waals surface area (Å²) in [6.07, 6.45) is -9.12. The van der Waals surface area contributed by atoms with E-state index in [1.807, 2.05) is 18.2 Å². The summed E-state index contributed by atoms with van der Waals surface area (Å²) < 4.78 is 74.6. The molecule has 0 bridgehead atoms. The molecule has 0 amide bonds. The molecule has 0 atom stereocenters. The van der Waals surface area contributed by atoms with E-state index in [1.54, 1.807) is 37.6 Å². The van der Waals surface area contributed by atoms with Crippen LogP contribution in [-0.4, -0.2) is 63.6 Å². The van der Waals surface area contributed by atoms with E-state index in [4.69, 9.17) is 17.0 Å². The van der Waals surface area contributed by atoms with Gasteiger partial charge in [-0.2, -0.15) is 36.7 Å². The first-order valence-corrected chi connectivity index (χ1v) is 14.4. The standard InChI is InChI=1S/C31H31F5N6O3S/c1-19(2)26-13-12-25(44-3)16-22(26)17-27(46)40-38-18-20-4-6-21(7-5-20)28-39-29(37-14-15-43)42(41-28)23-8-10-24(11-9-23)45-31(35,36)30(32,33)34/h4-13,16,18-19,43H,14-15,17H2,1-3H3,(H,40,46)(H,37,39,41). The molecule has 4 aromatic rings. The number of alkyl halides is 5. The summed E-state index contributed by atoms with van der Waals surface area (Å²) in [5.74, 6) is 0.867. The summed E-state index contributed by atoms with van der Waals surface area (Å²) >= 11 is 5.50. The number of hydrogen-bond donors (Lipinski definition) is 3. The summed E-state index contributed by atoms with van der Waals surface area (Å²) in [5, 5.41) is 20.9. The van der Waals surface area contributed by atoms with E-state index in [2.05, 4.69) is 44.5 Å². The molecule has 1 aromatic heterocycles. The fourth-order valence-corrected chi connectivity index (χ4v) is 4.50. The van der Waals surface area contributed by atoms with Crippen molar-refractivity contribution in [3.05, 3.63) is 83.4 Å². The molecule has 0 aliphatic rings. The monoisotopic (exact) mass is 662 g/mol. The third-order valence-electron chi connectivity index (χ3n) is 6.55. The Hall–Kier alpha value is -4.63. The minimum atomic E-state index is -5.87. The van der Waals surface area contributed by atoms with Crippen LogP contribution >= 0.6 is 12.2 Å². The van der Waals surface area contributed by atoms with Crippen molar-refractivity contribution >= 4 is 29.4 Å². The van der Waals surface area contributed by atoms with Crippen molar-refractivity contribution in [3.8, 4) is 28.6 Å². The van der Waals surface area contributed by atoms with E-state index in [0.29, 0.717) is 28.6 Å². The molecule has 0 saturated carbocycles. The zero-order valence-corrected chi connectivity index (χ0v) is 25.8.